The third-order valence-electron chi connectivity index (χ3n) is 10.2. The summed E-state index contributed by atoms with van der Waals surface area (Å²) in [5.41, 5.74) is -2.46. The molecule has 4 heteroatoms. The van der Waals surface area contributed by atoms with Gasteiger partial charge in [-0.05, 0) is 59.5 Å². The summed E-state index contributed by atoms with van der Waals surface area (Å²) >= 11 is 0. The van der Waals surface area contributed by atoms with Crippen molar-refractivity contribution in [3.05, 3.63) is 24.3 Å². The Morgan fingerprint density at radius 3 is 2.61 bits per heavy atom. The fraction of sp³-hybridized carbons (Fsp3) is 0.750. The highest BCUT2D eigenvalue weighted by Crippen LogP contribution is 2.84. The Balaban J connectivity index is 1.74. The van der Waals surface area contributed by atoms with Crippen molar-refractivity contribution in [3.63, 3.8) is 0 Å². The standard InChI is InChI=1S/C24H30O4/c1-12-13-6-7-15-22-11-28-24(19(27)17(22)20(2,3)9-8-16(22)25)21(4,5)10-14(13)23(15,24)18(12)26/h8-9,13-15,17,19,27H,1,6-7,10-11H2,2-5H3/t13-,14+,15-,17+,19-,22+,23-,24-/m0/s1. The van der Waals surface area contributed by atoms with Gasteiger partial charge in [0, 0.05) is 5.92 Å². The maximum Gasteiger partial charge on any atom is 0.168 e. The van der Waals surface area contributed by atoms with Crippen LogP contribution in [0.4, 0.5) is 0 Å². The number of aliphatic hydroxyl groups is 1. The molecule has 6 fully saturated rings. The van der Waals surface area contributed by atoms with Crippen LogP contribution in [0.15, 0.2) is 24.3 Å². The van der Waals surface area contributed by atoms with Gasteiger partial charge in [-0.1, -0.05) is 40.3 Å². The van der Waals surface area contributed by atoms with E-state index in [4.69, 9.17) is 4.74 Å². The molecule has 0 amide bonds. The highest BCUT2D eigenvalue weighted by molar-refractivity contribution is 6.07. The summed E-state index contributed by atoms with van der Waals surface area (Å²) < 4.78 is 6.65. The molecule has 3 spiro atoms. The van der Waals surface area contributed by atoms with Crippen LogP contribution in [0.3, 0.4) is 0 Å². The molecule has 2 heterocycles. The monoisotopic (exact) mass is 382 g/mol. The summed E-state index contributed by atoms with van der Waals surface area (Å²) in [6, 6.07) is 0. The van der Waals surface area contributed by atoms with Gasteiger partial charge in [0.1, 0.15) is 5.60 Å². The number of ketones is 2. The fourth-order valence-corrected chi connectivity index (χ4v) is 9.68. The maximum absolute atomic E-state index is 13.9. The Bertz CT molecular complexity index is 896. The average Bonchev–Trinajstić information content (AvgIpc) is 2.89. The first-order valence-corrected chi connectivity index (χ1v) is 10.8. The van der Waals surface area contributed by atoms with Crippen molar-refractivity contribution in [2.75, 3.05) is 6.61 Å². The Hall–Kier alpha value is -1.26. The van der Waals surface area contributed by atoms with Crippen molar-refractivity contribution in [2.24, 2.45) is 45.3 Å². The van der Waals surface area contributed by atoms with Gasteiger partial charge in [-0.25, -0.2) is 0 Å². The first-order valence-electron chi connectivity index (χ1n) is 10.8. The summed E-state index contributed by atoms with van der Waals surface area (Å²) in [5.74, 6) is 0.167. The lowest BCUT2D eigenvalue weighted by Gasteiger charge is -2.74. The molecule has 2 aliphatic heterocycles. The molecule has 4 saturated carbocycles. The van der Waals surface area contributed by atoms with E-state index in [9.17, 15) is 14.7 Å². The van der Waals surface area contributed by atoms with E-state index in [-0.39, 0.29) is 46.1 Å². The van der Waals surface area contributed by atoms with Gasteiger partial charge in [0.15, 0.2) is 11.6 Å². The van der Waals surface area contributed by atoms with Crippen LogP contribution in [0.25, 0.3) is 0 Å². The molecule has 1 N–H and O–H groups in total. The Morgan fingerprint density at radius 2 is 1.89 bits per heavy atom. The molecule has 2 saturated heterocycles. The highest BCUT2D eigenvalue weighted by atomic mass is 16.5. The zero-order valence-electron chi connectivity index (χ0n) is 17.2. The third kappa shape index (κ3) is 1.30. The molecule has 4 bridgehead atoms. The zero-order valence-corrected chi connectivity index (χ0v) is 17.2. The van der Waals surface area contributed by atoms with Gasteiger partial charge in [0.2, 0.25) is 0 Å². The number of carbonyl (C=O) groups excluding carboxylic acids is 2. The number of Topliss-reactive ketones (excluding diaryl/α,β-unsaturated/α-hetero) is 1. The summed E-state index contributed by atoms with van der Waals surface area (Å²) in [6.07, 6.45) is 5.47. The van der Waals surface area contributed by atoms with Crippen LogP contribution >= 0.6 is 0 Å². The van der Waals surface area contributed by atoms with E-state index in [2.05, 4.69) is 34.3 Å². The third-order valence-corrected chi connectivity index (χ3v) is 10.2. The van der Waals surface area contributed by atoms with Crippen LogP contribution in [-0.4, -0.2) is 35.0 Å². The smallest absolute Gasteiger partial charge is 0.168 e. The van der Waals surface area contributed by atoms with Crippen LogP contribution in [0.5, 0.6) is 0 Å². The summed E-state index contributed by atoms with van der Waals surface area (Å²) in [4.78, 5) is 27.5. The van der Waals surface area contributed by atoms with Gasteiger partial charge in [-0.3, -0.25) is 9.59 Å². The molecule has 8 atom stereocenters. The zero-order chi connectivity index (χ0) is 20.1. The molecule has 7 rings (SSSR count). The number of ether oxygens (including phenoxy) is 1. The average molecular weight is 383 g/mol. The molecule has 0 unspecified atom stereocenters. The molecule has 4 nitrogen and oxygen atoms in total. The lowest BCUT2D eigenvalue weighted by molar-refractivity contribution is -0.366. The second kappa shape index (κ2) is 4.41. The van der Waals surface area contributed by atoms with Crippen LogP contribution in [0.2, 0.25) is 0 Å². The quantitative estimate of drug-likeness (QED) is 0.654. The topological polar surface area (TPSA) is 63.6 Å². The number of hydrogen-bond donors (Lipinski definition) is 1. The molecule has 0 aromatic carbocycles. The molecule has 0 aromatic rings. The Morgan fingerprint density at radius 1 is 1.18 bits per heavy atom. The van der Waals surface area contributed by atoms with Gasteiger partial charge in [0.05, 0.1) is 23.5 Å². The maximum atomic E-state index is 13.9. The molecule has 5 aliphatic carbocycles. The molecule has 0 aromatic heterocycles. The van der Waals surface area contributed by atoms with E-state index in [0.29, 0.717) is 6.61 Å². The fourth-order valence-electron chi connectivity index (χ4n) is 9.68. The van der Waals surface area contributed by atoms with Crippen LogP contribution in [-0.2, 0) is 14.3 Å². The molecule has 0 radical (unpaired) electrons. The molecule has 28 heavy (non-hydrogen) atoms. The summed E-state index contributed by atoms with van der Waals surface area (Å²) in [6.45, 7) is 13.1. The summed E-state index contributed by atoms with van der Waals surface area (Å²) in [5, 5.41) is 12.0. The van der Waals surface area contributed by atoms with E-state index in [1.165, 1.54) is 0 Å². The van der Waals surface area contributed by atoms with Gasteiger partial charge >= 0.3 is 0 Å². The normalized spacial score (nSPS) is 56.8. The minimum atomic E-state index is -0.931. The van der Waals surface area contributed by atoms with E-state index >= 15 is 0 Å². The van der Waals surface area contributed by atoms with E-state index in [1.807, 2.05) is 6.08 Å². The van der Waals surface area contributed by atoms with Crippen LogP contribution in [0.1, 0.15) is 47.0 Å². The lowest BCUT2D eigenvalue weighted by atomic mass is 9.34. The van der Waals surface area contributed by atoms with Crippen molar-refractivity contribution in [1.82, 2.24) is 0 Å². The van der Waals surface area contributed by atoms with Gasteiger partial charge < -0.3 is 9.84 Å². The number of aliphatic hydroxyl groups excluding tert-OH is 1. The number of hydrogen-bond acceptors (Lipinski definition) is 4. The minimum absolute atomic E-state index is 0.0516. The predicted molar refractivity (Wildman–Crippen MR) is 103 cm³/mol. The van der Waals surface area contributed by atoms with Gasteiger partial charge in [0.25, 0.3) is 0 Å². The first kappa shape index (κ1) is 17.6. The molecular formula is C24H30O4. The molecule has 7 aliphatic rings. The van der Waals surface area contributed by atoms with Crippen molar-refractivity contribution >= 4 is 11.6 Å². The van der Waals surface area contributed by atoms with E-state index in [0.717, 1.165) is 24.8 Å². The second-order valence-corrected chi connectivity index (χ2v) is 11.7. The predicted octanol–water partition coefficient (Wildman–Crippen LogP) is 3.10. The van der Waals surface area contributed by atoms with Crippen molar-refractivity contribution < 1.29 is 19.4 Å². The van der Waals surface area contributed by atoms with E-state index in [1.54, 1.807) is 6.08 Å². The molecular weight excluding hydrogens is 352 g/mol. The Labute approximate surface area is 166 Å². The van der Waals surface area contributed by atoms with E-state index < -0.39 is 22.5 Å². The van der Waals surface area contributed by atoms with Crippen molar-refractivity contribution in [3.8, 4) is 0 Å². The number of fused-ring (bicyclic) bond motifs is 1. The minimum Gasteiger partial charge on any atom is -0.390 e. The first-order chi connectivity index (χ1) is 13.0. The SMILES string of the molecule is C=C1C(=O)[C@@]23[C@@H]4CC(C)(C)[C@]25OC[C@]2(C(=O)C=CC(C)(C)[C@H]2[C@@H]5O)[C@@H]3CC[C@@H]14. The van der Waals surface area contributed by atoms with Crippen LogP contribution in [0, 0.1) is 45.3 Å². The number of carbonyl (C=O) groups is 2. The van der Waals surface area contributed by atoms with Gasteiger partial charge in [-0.15, -0.1) is 0 Å². The molecule has 150 valence electrons. The van der Waals surface area contributed by atoms with Crippen LogP contribution < -0.4 is 0 Å². The Kier molecular flexibility index (Phi) is 2.77. The van der Waals surface area contributed by atoms with Crippen molar-refractivity contribution in [1.29, 1.82) is 0 Å². The lowest BCUT2D eigenvalue weighted by Crippen LogP contribution is -2.84. The van der Waals surface area contributed by atoms with Gasteiger partial charge in [-0.2, -0.15) is 0 Å². The number of rotatable bonds is 0. The highest BCUT2D eigenvalue weighted by Gasteiger charge is 2.91. The largest absolute Gasteiger partial charge is 0.390 e. The number of allylic oxidation sites excluding steroid dienone is 3. The second-order valence-electron chi connectivity index (χ2n) is 11.7. The summed E-state index contributed by atoms with van der Waals surface area (Å²) in [7, 11) is 0. The van der Waals surface area contributed by atoms with Crippen molar-refractivity contribution in [2.45, 2.75) is 58.7 Å².